The fourth-order valence-corrected chi connectivity index (χ4v) is 1.00. The van der Waals surface area contributed by atoms with E-state index in [0.717, 1.165) is 0 Å². The van der Waals surface area contributed by atoms with Crippen molar-refractivity contribution in [2.24, 2.45) is 0 Å². The van der Waals surface area contributed by atoms with E-state index in [-0.39, 0.29) is 23.8 Å². The number of hydrogen-bond acceptors (Lipinski definition) is 7. The minimum atomic E-state index is -0.750. The Hall–Kier alpha value is -2.32. The molecule has 19 heavy (non-hydrogen) atoms. The summed E-state index contributed by atoms with van der Waals surface area (Å²) in [4.78, 5) is 22.7. The highest BCUT2D eigenvalue weighted by Crippen LogP contribution is 2.21. The third kappa shape index (κ3) is 5.23. The van der Waals surface area contributed by atoms with Crippen LogP contribution >= 0.6 is 0 Å². The average molecular weight is 272 g/mol. The molecule has 0 spiro atoms. The molecular formula is C10H16N4O5. The summed E-state index contributed by atoms with van der Waals surface area (Å²) in [6.45, 7) is 7.04. The molecule has 0 saturated heterocycles. The first kappa shape index (κ1) is 14.7. The number of carbonyl (C=O) groups excluding carboxylic acids is 2. The molecule has 0 aromatic carbocycles. The van der Waals surface area contributed by atoms with Crippen LogP contribution in [0.15, 0.2) is 4.63 Å². The summed E-state index contributed by atoms with van der Waals surface area (Å²) in [5.41, 5.74) is 0. The summed E-state index contributed by atoms with van der Waals surface area (Å²) in [6, 6.07) is -0.220. The smallest absolute Gasteiger partial charge is 0.383 e. The van der Waals surface area contributed by atoms with Crippen molar-refractivity contribution in [2.45, 2.75) is 39.8 Å². The van der Waals surface area contributed by atoms with Crippen LogP contribution in [0.1, 0.15) is 27.7 Å². The molecule has 2 N–H and O–H groups in total. The summed E-state index contributed by atoms with van der Waals surface area (Å²) >= 11 is 0. The third-order valence-electron chi connectivity index (χ3n) is 1.62. The lowest BCUT2D eigenvalue weighted by molar-refractivity contribution is 0.184. The van der Waals surface area contributed by atoms with Gasteiger partial charge in [0.15, 0.2) is 0 Å². The van der Waals surface area contributed by atoms with E-state index in [1.165, 1.54) is 0 Å². The molecule has 1 rings (SSSR count). The van der Waals surface area contributed by atoms with Crippen LogP contribution in [0.25, 0.3) is 0 Å². The minimum absolute atomic E-state index is 0.110. The molecule has 0 unspecified atom stereocenters. The van der Waals surface area contributed by atoms with E-state index < -0.39 is 12.2 Å². The number of amides is 2. The van der Waals surface area contributed by atoms with Gasteiger partial charge in [-0.3, -0.25) is 0 Å². The first-order valence-electron chi connectivity index (χ1n) is 5.67. The number of ether oxygens (including phenoxy) is 2. The summed E-state index contributed by atoms with van der Waals surface area (Å²) < 4.78 is 13.9. The van der Waals surface area contributed by atoms with Crippen molar-refractivity contribution in [1.29, 1.82) is 0 Å². The zero-order chi connectivity index (χ0) is 14.4. The second-order valence-corrected chi connectivity index (χ2v) is 4.25. The topological polar surface area (TPSA) is 116 Å². The standard InChI is InChI=1S/C10H16N4O5/c1-5(2)11-9(15)17-7-8(14-19-13-7)18-10(16)12-6(3)4/h5-6H,1-4H3,(H,11,15)(H,12,16). The molecule has 1 heterocycles. The Bertz CT molecular complexity index is 404. The van der Waals surface area contributed by atoms with Gasteiger partial charge in [-0.15, -0.1) is 0 Å². The van der Waals surface area contributed by atoms with Crippen molar-refractivity contribution in [3.05, 3.63) is 0 Å². The van der Waals surface area contributed by atoms with E-state index in [0.29, 0.717) is 0 Å². The maximum Gasteiger partial charge on any atom is 0.414 e. The van der Waals surface area contributed by atoms with E-state index >= 15 is 0 Å². The second-order valence-electron chi connectivity index (χ2n) is 4.25. The maximum absolute atomic E-state index is 11.3. The molecule has 0 aliphatic rings. The van der Waals surface area contributed by atoms with Gasteiger partial charge in [-0.25, -0.2) is 14.2 Å². The molecule has 0 fully saturated rings. The van der Waals surface area contributed by atoms with Gasteiger partial charge in [0.1, 0.15) is 0 Å². The van der Waals surface area contributed by atoms with Crippen molar-refractivity contribution < 1.29 is 23.7 Å². The van der Waals surface area contributed by atoms with E-state index in [2.05, 4.69) is 25.6 Å². The van der Waals surface area contributed by atoms with Crippen LogP contribution in [-0.2, 0) is 0 Å². The van der Waals surface area contributed by atoms with Gasteiger partial charge in [0, 0.05) is 12.1 Å². The largest absolute Gasteiger partial charge is 0.414 e. The number of aromatic nitrogens is 2. The van der Waals surface area contributed by atoms with Gasteiger partial charge >= 0.3 is 23.9 Å². The summed E-state index contributed by atoms with van der Waals surface area (Å²) in [6.07, 6.45) is -1.50. The SMILES string of the molecule is CC(C)NC(=O)Oc1nonc1OC(=O)NC(C)C. The van der Waals surface area contributed by atoms with Crippen LogP contribution < -0.4 is 20.1 Å². The Morgan fingerprint density at radius 1 is 0.947 bits per heavy atom. The van der Waals surface area contributed by atoms with Gasteiger partial charge in [-0.2, -0.15) is 0 Å². The quantitative estimate of drug-likeness (QED) is 0.841. The highest BCUT2D eigenvalue weighted by Gasteiger charge is 2.20. The van der Waals surface area contributed by atoms with Crippen LogP contribution in [0.3, 0.4) is 0 Å². The first-order valence-corrected chi connectivity index (χ1v) is 5.67. The third-order valence-corrected chi connectivity index (χ3v) is 1.62. The summed E-state index contributed by atoms with van der Waals surface area (Å²) in [7, 11) is 0. The fourth-order valence-electron chi connectivity index (χ4n) is 1.00. The van der Waals surface area contributed by atoms with Crippen LogP contribution in [0.4, 0.5) is 9.59 Å². The normalized spacial score (nSPS) is 10.4. The zero-order valence-electron chi connectivity index (χ0n) is 11.1. The van der Waals surface area contributed by atoms with E-state index in [1.807, 2.05) is 0 Å². The molecular weight excluding hydrogens is 256 g/mol. The van der Waals surface area contributed by atoms with Crippen molar-refractivity contribution in [2.75, 3.05) is 0 Å². The molecule has 2 amide bonds. The van der Waals surface area contributed by atoms with Crippen molar-refractivity contribution in [1.82, 2.24) is 20.9 Å². The minimum Gasteiger partial charge on any atom is -0.383 e. The number of carbonyl (C=O) groups is 2. The molecule has 1 aromatic rings. The number of rotatable bonds is 4. The van der Waals surface area contributed by atoms with Crippen molar-refractivity contribution in [3.63, 3.8) is 0 Å². The number of nitrogens with zero attached hydrogens (tertiary/aromatic N) is 2. The molecule has 0 bridgehead atoms. The van der Waals surface area contributed by atoms with Gasteiger partial charge in [0.05, 0.1) is 0 Å². The van der Waals surface area contributed by atoms with Crippen LogP contribution in [0, 0.1) is 0 Å². The van der Waals surface area contributed by atoms with Crippen LogP contribution in [0.2, 0.25) is 0 Å². The van der Waals surface area contributed by atoms with Gasteiger partial charge in [-0.05, 0) is 38.0 Å². The summed E-state index contributed by atoms with van der Waals surface area (Å²) in [5.74, 6) is -0.644. The molecule has 0 saturated carbocycles. The molecule has 106 valence electrons. The highest BCUT2D eigenvalue weighted by atomic mass is 16.7. The maximum atomic E-state index is 11.3. The molecule has 0 atom stereocenters. The lowest BCUT2D eigenvalue weighted by Gasteiger charge is -2.08. The van der Waals surface area contributed by atoms with Crippen molar-refractivity contribution in [3.8, 4) is 11.8 Å². The Morgan fingerprint density at radius 2 is 1.32 bits per heavy atom. The molecule has 0 radical (unpaired) electrons. The average Bonchev–Trinajstić information content (AvgIpc) is 2.62. The van der Waals surface area contributed by atoms with Gasteiger partial charge in [0.25, 0.3) is 0 Å². The Balaban J connectivity index is 2.60. The Labute approximate surface area is 109 Å². The lowest BCUT2D eigenvalue weighted by Crippen LogP contribution is -2.34. The molecule has 0 aliphatic heterocycles. The highest BCUT2D eigenvalue weighted by molar-refractivity contribution is 5.73. The van der Waals surface area contributed by atoms with Crippen LogP contribution in [0.5, 0.6) is 11.8 Å². The lowest BCUT2D eigenvalue weighted by atomic mass is 10.4. The predicted octanol–water partition coefficient (Wildman–Crippen LogP) is 1.06. The predicted molar refractivity (Wildman–Crippen MR) is 62.9 cm³/mol. The molecule has 9 nitrogen and oxygen atoms in total. The Kier molecular flexibility index (Phi) is 5.10. The van der Waals surface area contributed by atoms with E-state index in [4.69, 9.17) is 9.47 Å². The fraction of sp³-hybridized carbons (Fsp3) is 0.600. The second kappa shape index (κ2) is 6.57. The zero-order valence-corrected chi connectivity index (χ0v) is 11.1. The van der Waals surface area contributed by atoms with Gasteiger partial charge in [0.2, 0.25) is 0 Å². The molecule has 0 aliphatic carbocycles. The number of nitrogens with one attached hydrogen (secondary N) is 2. The van der Waals surface area contributed by atoms with Gasteiger partial charge in [-0.1, -0.05) is 0 Å². The number of hydrogen-bond donors (Lipinski definition) is 2. The van der Waals surface area contributed by atoms with Crippen molar-refractivity contribution >= 4 is 12.2 Å². The molecule has 1 aromatic heterocycles. The van der Waals surface area contributed by atoms with E-state index in [9.17, 15) is 9.59 Å². The van der Waals surface area contributed by atoms with E-state index in [1.54, 1.807) is 27.7 Å². The van der Waals surface area contributed by atoms with Gasteiger partial charge < -0.3 is 20.1 Å². The summed E-state index contributed by atoms with van der Waals surface area (Å²) in [5, 5.41) is 11.6. The van der Waals surface area contributed by atoms with Crippen LogP contribution in [-0.4, -0.2) is 34.6 Å². The first-order chi connectivity index (χ1) is 8.88. The monoisotopic (exact) mass is 272 g/mol. The Morgan fingerprint density at radius 3 is 1.63 bits per heavy atom. The molecule has 9 heteroatoms.